The highest BCUT2D eigenvalue weighted by Crippen LogP contribution is 2.83. The monoisotopic (exact) mass is 218 g/mol. The highest BCUT2D eigenvalue weighted by Gasteiger charge is 2.89. The molecule has 0 aromatic rings. The van der Waals surface area contributed by atoms with Crippen LogP contribution in [0.2, 0.25) is 0 Å². The molecule has 8 unspecified atom stereocenters. The van der Waals surface area contributed by atoms with Crippen molar-refractivity contribution in [1.29, 1.82) is 0 Å². The Kier molecular flexibility index (Phi) is 1.04. The van der Waals surface area contributed by atoms with E-state index >= 15 is 0 Å². The fourth-order valence-corrected chi connectivity index (χ4v) is 6.60. The number of rotatable bonds is 0. The molecule has 2 heterocycles. The molecule has 6 aliphatic rings. The number of carbonyl (C=O) groups is 1. The van der Waals surface area contributed by atoms with E-state index in [0.29, 0.717) is 29.6 Å². The zero-order chi connectivity index (χ0) is 11.0. The van der Waals surface area contributed by atoms with Crippen LogP contribution in [0.4, 0.5) is 0 Å². The molecule has 0 amide bonds. The van der Waals surface area contributed by atoms with E-state index in [1.54, 1.807) is 0 Å². The zero-order valence-corrected chi connectivity index (χ0v) is 10.1. The van der Waals surface area contributed by atoms with Gasteiger partial charge in [0.2, 0.25) is 0 Å². The summed E-state index contributed by atoms with van der Waals surface area (Å²) in [7, 11) is 0. The van der Waals surface area contributed by atoms with Crippen molar-refractivity contribution in [3.63, 3.8) is 0 Å². The molecule has 4 saturated carbocycles. The van der Waals surface area contributed by atoms with Crippen LogP contribution in [0.25, 0.3) is 0 Å². The van der Waals surface area contributed by atoms with E-state index in [-0.39, 0.29) is 16.9 Å². The van der Waals surface area contributed by atoms with Crippen LogP contribution in [-0.2, 0) is 9.53 Å². The molecule has 6 fully saturated rings. The number of carbonyl (C=O) groups excluding carboxylic acids is 1. The second-order valence-electron chi connectivity index (χ2n) is 7.70. The van der Waals surface area contributed by atoms with Crippen LogP contribution >= 0.6 is 0 Å². The van der Waals surface area contributed by atoms with Gasteiger partial charge in [0.15, 0.2) is 0 Å². The van der Waals surface area contributed by atoms with Crippen molar-refractivity contribution < 1.29 is 9.53 Å². The quantitative estimate of drug-likeness (QED) is 0.620. The van der Waals surface area contributed by atoms with E-state index in [1.807, 2.05) is 0 Å². The van der Waals surface area contributed by atoms with Gasteiger partial charge in [0.05, 0.1) is 17.6 Å². The van der Waals surface area contributed by atoms with Gasteiger partial charge in [-0.15, -0.1) is 0 Å². The van der Waals surface area contributed by atoms with Crippen molar-refractivity contribution in [3.05, 3.63) is 0 Å². The summed E-state index contributed by atoms with van der Waals surface area (Å²) in [6.07, 6.45) is 1.76. The average Bonchev–Trinajstić information content (AvgIpc) is 2.82. The number of ether oxygens (including phenoxy) is 1. The Hall–Kier alpha value is -0.370. The van der Waals surface area contributed by atoms with Crippen molar-refractivity contribution in [3.8, 4) is 0 Å². The normalized spacial score (nSPS) is 68.2. The van der Waals surface area contributed by atoms with Crippen LogP contribution in [0.5, 0.6) is 0 Å². The fourth-order valence-electron chi connectivity index (χ4n) is 6.60. The molecule has 16 heavy (non-hydrogen) atoms. The standard InChI is InChI=1S/C14H18O2/c1-13(2,3)14-9-6-4-5-7(9)11(15)10(14)8(5)12(6)16-14/h5-10,12H,4H2,1-3H3. The third-order valence-corrected chi connectivity index (χ3v) is 6.63. The Labute approximate surface area is 95.7 Å². The summed E-state index contributed by atoms with van der Waals surface area (Å²) >= 11 is 0. The van der Waals surface area contributed by atoms with E-state index in [2.05, 4.69) is 20.8 Å². The van der Waals surface area contributed by atoms with Gasteiger partial charge in [-0.1, -0.05) is 20.8 Å². The Morgan fingerprint density at radius 2 is 2.06 bits per heavy atom. The Morgan fingerprint density at radius 3 is 2.75 bits per heavy atom. The lowest BCUT2D eigenvalue weighted by Gasteiger charge is -2.46. The maximum absolute atomic E-state index is 12.5. The number of Topliss-reactive ketones (excluding diaryl/α,β-unsaturated/α-hetero) is 1. The SMILES string of the molecule is CC(C)(C)C12OC3C4CC5C(C(=O)C1C53)C42. The second kappa shape index (κ2) is 1.92. The second-order valence-corrected chi connectivity index (χ2v) is 7.70. The molecule has 2 nitrogen and oxygen atoms in total. The van der Waals surface area contributed by atoms with E-state index in [0.717, 1.165) is 11.8 Å². The summed E-state index contributed by atoms with van der Waals surface area (Å²) in [5.41, 5.74) is 0.0611. The van der Waals surface area contributed by atoms with E-state index in [4.69, 9.17) is 4.74 Å². The summed E-state index contributed by atoms with van der Waals surface area (Å²) in [6, 6.07) is 0. The van der Waals surface area contributed by atoms with Crippen molar-refractivity contribution in [2.75, 3.05) is 0 Å². The first-order valence-corrected chi connectivity index (χ1v) is 6.70. The fraction of sp³-hybridized carbons (Fsp3) is 0.929. The third kappa shape index (κ3) is 0.505. The van der Waals surface area contributed by atoms with Crippen molar-refractivity contribution >= 4 is 5.78 Å². The van der Waals surface area contributed by atoms with Crippen LogP contribution in [0.3, 0.4) is 0 Å². The summed E-state index contributed by atoms with van der Waals surface area (Å²) in [6.45, 7) is 6.82. The van der Waals surface area contributed by atoms with E-state index < -0.39 is 0 Å². The summed E-state index contributed by atoms with van der Waals surface area (Å²) < 4.78 is 6.47. The van der Waals surface area contributed by atoms with Crippen LogP contribution in [-0.4, -0.2) is 17.5 Å². The van der Waals surface area contributed by atoms with Gasteiger partial charge in [-0.25, -0.2) is 0 Å². The third-order valence-electron chi connectivity index (χ3n) is 6.63. The van der Waals surface area contributed by atoms with Gasteiger partial charge in [-0.3, -0.25) is 4.79 Å². The Balaban J connectivity index is 1.83. The number of ketones is 1. The predicted molar refractivity (Wildman–Crippen MR) is 57.6 cm³/mol. The molecule has 6 bridgehead atoms. The van der Waals surface area contributed by atoms with Gasteiger partial charge < -0.3 is 4.74 Å². The molecule has 2 saturated heterocycles. The van der Waals surface area contributed by atoms with Crippen molar-refractivity contribution in [1.82, 2.24) is 0 Å². The van der Waals surface area contributed by atoms with Crippen LogP contribution < -0.4 is 0 Å². The highest BCUT2D eigenvalue weighted by atomic mass is 16.5. The average molecular weight is 218 g/mol. The molecule has 8 atom stereocenters. The minimum Gasteiger partial charge on any atom is -0.370 e. The number of hydrogen-bond acceptors (Lipinski definition) is 2. The molecule has 0 aromatic heterocycles. The number of hydrogen-bond donors (Lipinski definition) is 0. The summed E-state index contributed by atoms with van der Waals surface area (Å²) in [5.74, 6) is 3.92. The minimum atomic E-state index is -0.0677. The molecule has 2 heteroatoms. The van der Waals surface area contributed by atoms with Crippen LogP contribution in [0, 0.1) is 40.9 Å². The molecule has 0 aromatic carbocycles. The van der Waals surface area contributed by atoms with Gasteiger partial charge in [0.25, 0.3) is 0 Å². The molecule has 0 spiro atoms. The molecule has 6 rings (SSSR count). The predicted octanol–water partition coefficient (Wildman–Crippen LogP) is 1.88. The van der Waals surface area contributed by atoms with Crippen molar-refractivity contribution in [2.45, 2.75) is 38.9 Å². The summed E-state index contributed by atoms with van der Waals surface area (Å²) in [5, 5.41) is 0. The zero-order valence-electron chi connectivity index (χ0n) is 10.1. The van der Waals surface area contributed by atoms with Gasteiger partial charge in [0.1, 0.15) is 5.78 Å². The van der Waals surface area contributed by atoms with Gasteiger partial charge in [-0.2, -0.15) is 0 Å². The lowest BCUT2D eigenvalue weighted by Crippen LogP contribution is -2.53. The molecule has 86 valence electrons. The topological polar surface area (TPSA) is 26.3 Å². The molecule has 0 radical (unpaired) electrons. The van der Waals surface area contributed by atoms with E-state index in [9.17, 15) is 4.79 Å². The molecule has 0 N–H and O–H groups in total. The van der Waals surface area contributed by atoms with Crippen LogP contribution in [0.15, 0.2) is 0 Å². The lowest BCUT2D eigenvalue weighted by molar-refractivity contribution is -0.128. The highest BCUT2D eigenvalue weighted by molar-refractivity contribution is 5.93. The molecular formula is C14H18O2. The molecule has 4 aliphatic carbocycles. The maximum Gasteiger partial charge on any atom is 0.143 e. The summed E-state index contributed by atoms with van der Waals surface area (Å²) in [4.78, 5) is 12.5. The molecule has 2 aliphatic heterocycles. The van der Waals surface area contributed by atoms with Gasteiger partial charge >= 0.3 is 0 Å². The largest absolute Gasteiger partial charge is 0.370 e. The lowest BCUT2D eigenvalue weighted by atomic mass is 9.56. The van der Waals surface area contributed by atoms with Crippen molar-refractivity contribution in [2.24, 2.45) is 40.9 Å². The van der Waals surface area contributed by atoms with Gasteiger partial charge in [-0.05, 0) is 23.7 Å². The smallest absolute Gasteiger partial charge is 0.143 e. The van der Waals surface area contributed by atoms with E-state index in [1.165, 1.54) is 6.42 Å². The first-order chi connectivity index (χ1) is 7.48. The first kappa shape index (κ1) is 8.68. The minimum absolute atomic E-state index is 0.0677. The Morgan fingerprint density at radius 1 is 1.31 bits per heavy atom. The Bertz CT molecular complexity index is 435. The molecular weight excluding hydrogens is 200 g/mol. The van der Waals surface area contributed by atoms with Crippen LogP contribution in [0.1, 0.15) is 27.2 Å². The first-order valence-electron chi connectivity index (χ1n) is 6.70. The maximum atomic E-state index is 12.5. The van der Waals surface area contributed by atoms with Gasteiger partial charge in [0, 0.05) is 17.8 Å².